The van der Waals surface area contributed by atoms with E-state index in [4.69, 9.17) is 26.8 Å². The van der Waals surface area contributed by atoms with E-state index in [2.05, 4.69) is 5.32 Å². The van der Waals surface area contributed by atoms with E-state index in [9.17, 15) is 14.4 Å². The van der Waals surface area contributed by atoms with E-state index in [1.54, 1.807) is 48.2 Å². The molecule has 38 heavy (non-hydrogen) atoms. The molecule has 2 aromatic rings. The predicted molar refractivity (Wildman–Crippen MR) is 145 cm³/mol. The normalized spacial score (nSPS) is 21.9. The molecule has 0 bridgehead atoms. The van der Waals surface area contributed by atoms with Crippen molar-refractivity contribution in [2.24, 2.45) is 11.1 Å². The van der Waals surface area contributed by atoms with Gasteiger partial charge in [0.25, 0.3) is 0 Å². The van der Waals surface area contributed by atoms with Gasteiger partial charge in [-0.25, -0.2) is 4.79 Å². The van der Waals surface area contributed by atoms with Gasteiger partial charge in [-0.2, -0.15) is 0 Å². The van der Waals surface area contributed by atoms with Gasteiger partial charge in [0.1, 0.15) is 22.6 Å². The van der Waals surface area contributed by atoms with Crippen LogP contribution in [0.1, 0.15) is 44.7 Å². The third kappa shape index (κ3) is 3.54. The monoisotopic (exact) mass is 535 g/mol. The first-order chi connectivity index (χ1) is 18.0. The van der Waals surface area contributed by atoms with Crippen LogP contribution in [-0.2, 0) is 24.5 Å². The molecule has 1 atom stereocenters. The number of benzene rings is 2. The predicted octanol–water partition coefficient (Wildman–Crippen LogP) is 4.74. The zero-order valence-electron chi connectivity index (χ0n) is 22.0. The Hall–Kier alpha value is -3.78. The smallest absolute Gasteiger partial charge is 0.339 e. The van der Waals surface area contributed by atoms with Crippen molar-refractivity contribution in [2.45, 2.75) is 46.0 Å². The molecule has 2 heterocycles. The van der Waals surface area contributed by atoms with Crippen molar-refractivity contribution in [1.29, 1.82) is 0 Å². The third-order valence-corrected chi connectivity index (χ3v) is 7.88. The van der Waals surface area contributed by atoms with Crippen molar-refractivity contribution in [3.63, 3.8) is 0 Å². The summed E-state index contributed by atoms with van der Waals surface area (Å²) in [5, 5.41) is 3.38. The standard InChI is InChI=1S/C29H30ClN3O5/c1-6-38-26(35)24-25(31)33(19-11-15(2)17(30)12-22(19)37-5)20-13-28(3,4)14-21(34)23(20)29(24)16-9-7-8-10-18(16)32-27(29)36/h7-12H,6,13-14,31H2,1-5H3,(H,32,36). The number of rotatable bonds is 4. The van der Waals surface area contributed by atoms with Gasteiger partial charge in [0.05, 0.1) is 19.4 Å². The maximum atomic E-state index is 14.1. The van der Waals surface area contributed by atoms with Crippen LogP contribution in [0.5, 0.6) is 5.75 Å². The molecule has 2 aromatic carbocycles. The zero-order chi connectivity index (χ0) is 27.6. The first kappa shape index (κ1) is 25.9. The van der Waals surface area contributed by atoms with Crippen molar-refractivity contribution in [3.8, 4) is 5.75 Å². The summed E-state index contributed by atoms with van der Waals surface area (Å²) >= 11 is 6.40. The first-order valence-electron chi connectivity index (χ1n) is 12.5. The van der Waals surface area contributed by atoms with Gasteiger partial charge in [-0.1, -0.05) is 43.6 Å². The van der Waals surface area contributed by atoms with Crippen molar-refractivity contribution < 1.29 is 23.9 Å². The molecule has 3 N–H and O–H groups in total. The molecule has 0 aromatic heterocycles. The minimum atomic E-state index is -1.75. The second-order valence-corrected chi connectivity index (χ2v) is 11.0. The number of halogens is 1. The molecule has 1 amide bonds. The Kier molecular flexibility index (Phi) is 6.06. The van der Waals surface area contributed by atoms with Crippen LogP contribution < -0.4 is 20.7 Å². The molecule has 0 saturated heterocycles. The van der Waals surface area contributed by atoms with Gasteiger partial charge >= 0.3 is 5.97 Å². The highest BCUT2D eigenvalue weighted by atomic mass is 35.5. The van der Waals surface area contributed by atoms with Crippen LogP contribution in [0.4, 0.5) is 11.4 Å². The Morgan fingerprint density at radius 3 is 2.58 bits per heavy atom. The van der Waals surface area contributed by atoms with Gasteiger partial charge in [-0.3, -0.25) is 14.5 Å². The molecule has 1 spiro atoms. The highest BCUT2D eigenvalue weighted by Crippen LogP contribution is 2.58. The molecule has 0 saturated carbocycles. The van der Waals surface area contributed by atoms with Crippen molar-refractivity contribution in [1.82, 2.24) is 0 Å². The number of para-hydroxylation sites is 1. The number of amides is 1. The number of esters is 1. The van der Waals surface area contributed by atoms with Gasteiger partial charge < -0.3 is 20.5 Å². The van der Waals surface area contributed by atoms with E-state index in [1.807, 2.05) is 20.8 Å². The Morgan fingerprint density at radius 2 is 1.89 bits per heavy atom. The average molecular weight is 536 g/mol. The van der Waals surface area contributed by atoms with E-state index in [0.29, 0.717) is 39.8 Å². The van der Waals surface area contributed by atoms with Crippen LogP contribution in [0.15, 0.2) is 59.1 Å². The number of nitrogens with zero attached hydrogens (tertiary/aromatic N) is 1. The summed E-state index contributed by atoms with van der Waals surface area (Å²) in [6.07, 6.45) is 0.622. The molecule has 3 aliphatic rings. The number of anilines is 2. The number of fused-ring (bicyclic) bond motifs is 3. The molecular weight excluding hydrogens is 506 g/mol. The zero-order valence-corrected chi connectivity index (χ0v) is 22.8. The lowest BCUT2D eigenvalue weighted by Crippen LogP contribution is -2.54. The minimum absolute atomic E-state index is 0.000393. The number of allylic oxidation sites excluding steroid dienone is 1. The summed E-state index contributed by atoms with van der Waals surface area (Å²) in [6, 6.07) is 10.5. The molecular formula is C29H30ClN3O5. The maximum absolute atomic E-state index is 14.1. The molecule has 1 aliphatic carbocycles. The Labute approximate surface area is 226 Å². The van der Waals surface area contributed by atoms with E-state index >= 15 is 0 Å². The second kappa shape index (κ2) is 8.91. The van der Waals surface area contributed by atoms with Crippen LogP contribution in [0.2, 0.25) is 5.02 Å². The average Bonchev–Trinajstić information content (AvgIpc) is 3.12. The lowest BCUT2D eigenvalue weighted by molar-refractivity contribution is -0.140. The van der Waals surface area contributed by atoms with E-state index in [0.717, 1.165) is 5.56 Å². The number of nitrogens with two attached hydrogens (primary N) is 1. The van der Waals surface area contributed by atoms with Crippen molar-refractivity contribution >= 4 is 40.6 Å². The Bertz CT molecular complexity index is 1470. The topological polar surface area (TPSA) is 111 Å². The molecule has 1 unspecified atom stereocenters. The van der Waals surface area contributed by atoms with E-state index in [1.165, 1.54) is 7.11 Å². The lowest BCUT2D eigenvalue weighted by atomic mass is 9.60. The molecule has 2 aliphatic heterocycles. The molecule has 5 rings (SSSR count). The van der Waals surface area contributed by atoms with Gasteiger partial charge in [-0.05, 0) is 43.4 Å². The number of ether oxygens (including phenoxy) is 2. The van der Waals surface area contributed by atoms with Crippen LogP contribution in [0.3, 0.4) is 0 Å². The van der Waals surface area contributed by atoms with E-state index < -0.39 is 22.7 Å². The van der Waals surface area contributed by atoms with Gasteiger partial charge in [0, 0.05) is 40.0 Å². The SMILES string of the molecule is CCOC(=O)C1=C(N)N(c2cc(C)c(Cl)cc2OC)C2=C(C(=O)CC(C)(C)C2)C12C(=O)Nc1ccccc12. The Morgan fingerprint density at radius 1 is 1.18 bits per heavy atom. The molecule has 8 nitrogen and oxygen atoms in total. The number of hydrogen-bond donors (Lipinski definition) is 2. The van der Waals surface area contributed by atoms with Crippen molar-refractivity contribution in [2.75, 3.05) is 23.9 Å². The fourth-order valence-electron chi connectivity index (χ4n) is 5.96. The number of ketones is 1. The van der Waals surface area contributed by atoms with Crippen LogP contribution in [0, 0.1) is 12.3 Å². The molecule has 9 heteroatoms. The minimum Gasteiger partial charge on any atom is -0.495 e. The fraction of sp³-hybridized carbons (Fsp3) is 0.345. The summed E-state index contributed by atoms with van der Waals surface area (Å²) in [5.74, 6) is -1.10. The van der Waals surface area contributed by atoms with Gasteiger partial charge in [0.15, 0.2) is 5.78 Å². The number of methoxy groups -OCH3 is 1. The molecule has 198 valence electrons. The van der Waals surface area contributed by atoms with Crippen molar-refractivity contribution in [3.05, 3.63) is 75.2 Å². The first-order valence-corrected chi connectivity index (χ1v) is 12.8. The quantitative estimate of drug-likeness (QED) is 0.544. The maximum Gasteiger partial charge on any atom is 0.339 e. The van der Waals surface area contributed by atoms with Crippen LogP contribution in [-0.4, -0.2) is 31.4 Å². The summed E-state index contributed by atoms with van der Waals surface area (Å²) in [6.45, 7) is 7.57. The third-order valence-electron chi connectivity index (χ3n) is 7.47. The molecule has 0 fully saturated rings. The lowest BCUT2D eigenvalue weighted by Gasteiger charge is -2.47. The van der Waals surface area contributed by atoms with Crippen LogP contribution >= 0.6 is 11.6 Å². The van der Waals surface area contributed by atoms with Crippen LogP contribution in [0.25, 0.3) is 0 Å². The number of carbonyl (C=O) groups is 3. The highest BCUT2D eigenvalue weighted by Gasteiger charge is 2.63. The Balaban J connectivity index is 1.94. The number of nitrogens with one attached hydrogen (secondary N) is 1. The second-order valence-electron chi connectivity index (χ2n) is 10.6. The summed E-state index contributed by atoms with van der Waals surface area (Å²) in [7, 11) is 1.51. The number of Topliss-reactive ketones (excluding diaryl/α,β-unsaturated/α-hetero) is 1. The number of hydrogen-bond acceptors (Lipinski definition) is 7. The highest BCUT2D eigenvalue weighted by molar-refractivity contribution is 6.31. The number of aryl methyl sites for hydroxylation is 1. The molecule has 0 radical (unpaired) electrons. The van der Waals surface area contributed by atoms with Gasteiger partial charge in [0.2, 0.25) is 5.91 Å². The summed E-state index contributed by atoms with van der Waals surface area (Å²) < 4.78 is 11.1. The largest absolute Gasteiger partial charge is 0.495 e. The summed E-state index contributed by atoms with van der Waals surface area (Å²) in [5.41, 5.74) is 7.68. The number of carbonyl (C=O) groups excluding carboxylic acids is 3. The fourth-order valence-corrected chi connectivity index (χ4v) is 6.11. The summed E-state index contributed by atoms with van der Waals surface area (Å²) in [4.78, 5) is 43.6. The van der Waals surface area contributed by atoms with E-state index in [-0.39, 0.29) is 35.8 Å². The van der Waals surface area contributed by atoms with Gasteiger partial charge in [-0.15, -0.1) is 0 Å².